The van der Waals surface area contributed by atoms with Crippen molar-refractivity contribution in [3.8, 4) is 0 Å². The van der Waals surface area contributed by atoms with Crippen molar-refractivity contribution in [3.05, 3.63) is 41.7 Å². The maximum absolute atomic E-state index is 10.6. The summed E-state index contributed by atoms with van der Waals surface area (Å²) in [5, 5.41) is 17.3. The predicted octanol–water partition coefficient (Wildman–Crippen LogP) is 2.14. The summed E-state index contributed by atoms with van der Waals surface area (Å²) in [5.74, 6) is -0.930. The monoisotopic (exact) mass is 236 g/mol. The molecular formula is C13H16O4. The van der Waals surface area contributed by atoms with E-state index in [2.05, 4.69) is 0 Å². The van der Waals surface area contributed by atoms with E-state index in [0.717, 1.165) is 18.4 Å². The third kappa shape index (κ3) is 5.17. The summed E-state index contributed by atoms with van der Waals surface area (Å²) in [6, 6.07) is 6.54. The zero-order valence-corrected chi connectivity index (χ0v) is 9.50. The molecule has 4 heteroatoms. The molecule has 0 aliphatic heterocycles. The van der Waals surface area contributed by atoms with Gasteiger partial charge in [0.05, 0.1) is 18.4 Å². The van der Waals surface area contributed by atoms with Crippen LogP contribution in [0.5, 0.6) is 0 Å². The van der Waals surface area contributed by atoms with Gasteiger partial charge in [0.15, 0.2) is 0 Å². The lowest BCUT2D eigenvalue weighted by Crippen LogP contribution is -1.94. The molecule has 0 bridgehead atoms. The molecule has 0 unspecified atom stereocenters. The molecule has 0 amide bonds. The maximum atomic E-state index is 10.6. The van der Waals surface area contributed by atoms with Crippen molar-refractivity contribution in [2.24, 2.45) is 0 Å². The first kappa shape index (κ1) is 13.3. The topological polar surface area (TPSA) is 66.8 Å². The molecule has 0 fully saturated rings. The molecule has 92 valence electrons. The van der Waals surface area contributed by atoms with Gasteiger partial charge in [-0.2, -0.15) is 0 Å². The molecule has 0 spiro atoms. The van der Waals surface area contributed by atoms with E-state index in [4.69, 9.17) is 14.9 Å². The van der Waals surface area contributed by atoms with E-state index >= 15 is 0 Å². The number of aromatic carboxylic acids is 1. The van der Waals surface area contributed by atoms with Gasteiger partial charge in [-0.1, -0.05) is 12.1 Å². The molecule has 0 saturated carbocycles. The Kier molecular flexibility index (Phi) is 5.82. The molecule has 2 N–H and O–H groups in total. The minimum atomic E-state index is -0.930. The number of unbranched alkanes of at least 4 members (excludes halogenated alkanes) is 1. The van der Waals surface area contributed by atoms with E-state index < -0.39 is 5.97 Å². The maximum Gasteiger partial charge on any atom is 0.335 e. The number of aliphatic hydroxyl groups excluding tert-OH is 1. The molecule has 1 aromatic carbocycles. The Hall–Kier alpha value is -1.81. The molecule has 0 aliphatic rings. The van der Waals surface area contributed by atoms with Crippen LogP contribution < -0.4 is 0 Å². The highest BCUT2D eigenvalue weighted by Crippen LogP contribution is 2.06. The predicted molar refractivity (Wildman–Crippen MR) is 64.7 cm³/mol. The average Bonchev–Trinajstić information content (AvgIpc) is 2.34. The van der Waals surface area contributed by atoms with E-state index in [-0.39, 0.29) is 12.2 Å². The third-order valence-electron chi connectivity index (χ3n) is 2.18. The van der Waals surface area contributed by atoms with Crippen LogP contribution in [0.1, 0.15) is 28.8 Å². The van der Waals surface area contributed by atoms with Crippen LogP contribution >= 0.6 is 0 Å². The minimum Gasteiger partial charge on any atom is -0.501 e. The van der Waals surface area contributed by atoms with Crippen LogP contribution in [-0.2, 0) is 4.74 Å². The van der Waals surface area contributed by atoms with Crippen molar-refractivity contribution in [2.45, 2.75) is 12.8 Å². The lowest BCUT2D eigenvalue weighted by Gasteiger charge is -1.99. The van der Waals surface area contributed by atoms with Gasteiger partial charge in [-0.15, -0.1) is 0 Å². The normalized spacial score (nSPS) is 10.6. The quantitative estimate of drug-likeness (QED) is 0.562. The molecule has 0 heterocycles. The lowest BCUT2D eigenvalue weighted by atomic mass is 10.1. The Morgan fingerprint density at radius 1 is 1.24 bits per heavy atom. The smallest absolute Gasteiger partial charge is 0.335 e. The molecular weight excluding hydrogens is 220 g/mol. The molecule has 4 nitrogen and oxygen atoms in total. The lowest BCUT2D eigenvalue weighted by molar-refractivity contribution is 0.0697. The van der Waals surface area contributed by atoms with Crippen LogP contribution in [0.3, 0.4) is 0 Å². The zero-order chi connectivity index (χ0) is 12.5. The van der Waals surface area contributed by atoms with Crippen molar-refractivity contribution in [1.82, 2.24) is 0 Å². The molecule has 17 heavy (non-hydrogen) atoms. The molecule has 0 radical (unpaired) electrons. The zero-order valence-electron chi connectivity index (χ0n) is 9.50. The highest BCUT2D eigenvalue weighted by Gasteiger charge is 1.99. The highest BCUT2D eigenvalue weighted by atomic mass is 16.5. The highest BCUT2D eigenvalue weighted by molar-refractivity contribution is 5.87. The summed E-state index contributed by atoms with van der Waals surface area (Å²) >= 11 is 0. The van der Waals surface area contributed by atoms with Crippen molar-refractivity contribution in [1.29, 1.82) is 0 Å². The van der Waals surface area contributed by atoms with E-state index in [1.807, 2.05) is 0 Å². The first-order chi connectivity index (χ1) is 8.24. The van der Waals surface area contributed by atoms with E-state index in [9.17, 15) is 4.79 Å². The van der Waals surface area contributed by atoms with Crippen molar-refractivity contribution in [2.75, 3.05) is 13.2 Å². The Labute approximate surface area is 100 Å². The van der Waals surface area contributed by atoms with Gasteiger partial charge >= 0.3 is 5.97 Å². The number of aliphatic hydroxyl groups is 1. The fourth-order valence-corrected chi connectivity index (χ4v) is 1.23. The van der Waals surface area contributed by atoms with Gasteiger partial charge in [0.1, 0.15) is 0 Å². The fraction of sp³-hybridized carbons (Fsp3) is 0.308. The molecule has 0 atom stereocenters. The summed E-state index contributed by atoms with van der Waals surface area (Å²) in [4.78, 5) is 10.6. The summed E-state index contributed by atoms with van der Waals surface area (Å²) in [6.45, 7) is 0.758. The van der Waals surface area contributed by atoms with E-state index in [0.29, 0.717) is 6.61 Å². The minimum absolute atomic E-state index is 0.184. The molecule has 0 aromatic heterocycles. The number of benzene rings is 1. The number of ether oxygens (including phenoxy) is 1. The van der Waals surface area contributed by atoms with Crippen LogP contribution in [0.25, 0.3) is 6.08 Å². The summed E-state index contributed by atoms with van der Waals surface area (Å²) < 4.78 is 5.21. The van der Waals surface area contributed by atoms with Gasteiger partial charge in [-0.05, 0) is 36.6 Å². The van der Waals surface area contributed by atoms with Crippen LogP contribution in [0.15, 0.2) is 30.5 Å². The molecule has 1 aromatic rings. The largest absolute Gasteiger partial charge is 0.501 e. The Morgan fingerprint density at radius 3 is 2.53 bits per heavy atom. The number of hydrogen-bond acceptors (Lipinski definition) is 3. The Bertz CT molecular complexity index is 368. The first-order valence-corrected chi connectivity index (χ1v) is 5.46. The second-order valence-electron chi connectivity index (χ2n) is 3.53. The second-order valence-corrected chi connectivity index (χ2v) is 3.53. The number of carbonyl (C=O) groups is 1. The standard InChI is InChI=1S/C13H16O4/c14-8-1-2-9-17-10-7-11-3-5-12(6-4-11)13(15)16/h3-7,10,14H,1-2,8-9H2,(H,15,16). The van der Waals surface area contributed by atoms with Gasteiger partial charge in [0.25, 0.3) is 0 Å². The van der Waals surface area contributed by atoms with Crippen LogP contribution in [0.4, 0.5) is 0 Å². The van der Waals surface area contributed by atoms with Crippen LogP contribution in [-0.4, -0.2) is 29.4 Å². The molecule has 0 aliphatic carbocycles. The Morgan fingerprint density at radius 2 is 1.94 bits per heavy atom. The van der Waals surface area contributed by atoms with Crippen molar-refractivity contribution in [3.63, 3.8) is 0 Å². The summed E-state index contributed by atoms with van der Waals surface area (Å²) in [5.41, 5.74) is 1.16. The number of rotatable bonds is 7. The van der Waals surface area contributed by atoms with Gasteiger partial charge in [-0.3, -0.25) is 0 Å². The van der Waals surface area contributed by atoms with Gasteiger partial charge in [0, 0.05) is 6.61 Å². The number of hydrogen-bond donors (Lipinski definition) is 2. The number of carboxylic acids is 1. The van der Waals surface area contributed by atoms with Gasteiger partial charge < -0.3 is 14.9 Å². The van der Waals surface area contributed by atoms with Gasteiger partial charge in [0.2, 0.25) is 0 Å². The second kappa shape index (κ2) is 7.46. The van der Waals surface area contributed by atoms with E-state index in [1.165, 1.54) is 0 Å². The first-order valence-electron chi connectivity index (χ1n) is 5.46. The van der Waals surface area contributed by atoms with Crippen molar-refractivity contribution < 1.29 is 19.7 Å². The Balaban J connectivity index is 2.36. The van der Waals surface area contributed by atoms with Crippen LogP contribution in [0.2, 0.25) is 0 Å². The summed E-state index contributed by atoms with van der Waals surface area (Å²) in [6.07, 6.45) is 4.90. The van der Waals surface area contributed by atoms with Gasteiger partial charge in [-0.25, -0.2) is 4.79 Å². The number of carboxylic acid groups (broad SMARTS) is 1. The fourth-order valence-electron chi connectivity index (χ4n) is 1.23. The van der Waals surface area contributed by atoms with Crippen LogP contribution in [0, 0.1) is 0 Å². The molecule has 1 rings (SSSR count). The third-order valence-corrected chi connectivity index (χ3v) is 2.18. The SMILES string of the molecule is O=C(O)c1ccc(C=COCCCCO)cc1. The molecule has 0 saturated heterocycles. The van der Waals surface area contributed by atoms with Crippen molar-refractivity contribution >= 4 is 12.0 Å². The average molecular weight is 236 g/mol. The van der Waals surface area contributed by atoms with E-state index in [1.54, 1.807) is 36.6 Å². The summed E-state index contributed by atoms with van der Waals surface area (Å²) in [7, 11) is 0.